The summed E-state index contributed by atoms with van der Waals surface area (Å²) in [7, 11) is 0. The van der Waals surface area contributed by atoms with Crippen molar-refractivity contribution in [2.45, 2.75) is 38.5 Å². The molecular weight excluding hydrogens is 263 g/mol. The Hall–Kier alpha value is -1.57. The molecule has 0 aromatic carbocycles. The third-order valence-corrected chi connectivity index (χ3v) is 3.24. The zero-order chi connectivity index (χ0) is 14.2. The highest BCUT2D eigenvalue weighted by Crippen LogP contribution is 2.32. The maximum atomic E-state index is 12.8. The van der Waals surface area contributed by atoms with E-state index in [1.54, 1.807) is 0 Å². The van der Waals surface area contributed by atoms with E-state index in [-0.39, 0.29) is 18.3 Å². The van der Waals surface area contributed by atoms with Crippen molar-refractivity contribution >= 4 is 5.97 Å². The first-order valence-corrected chi connectivity index (χ1v) is 5.92. The summed E-state index contributed by atoms with van der Waals surface area (Å²) < 4.78 is 39.4. The van der Waals surface area contributed by atoms with Crippen molar-refractivity contribution < 1.29 is 23.1 Å². The fourth-order valence-corrected chi connectivity index (χ4v) is 2.30. The quantitative estimate of drug-likeness (QED) is 0.881. The molecule has 0 amide bonds. The molecule has 1 saturated heterocycles. The molecule has 2 N–H and O–H groups in total. The summed E-state index contributed by atoms with van der Waals surface area (Å²) in [4.78, 5) is 11.0. The zero-order valence-corrected chi connectivity index (χ0v) is 10.3. The molecule has 0 saturated carbocycles. The minimum atomic E-state index is -4.76. The number of nitrogens with zero attached hydrogens (tertiary/aromatic N) is 2. The largest absolute Gasteiger partial charge is 0.478 e. The van der Waals surface area contributed by atoms with Crippen molar-refractivity contribution in [3.8, 4) is 0 Å². The smallest absolute Gasteiger partial charge is 0.436 e. The SMILES string of the molecule is Cc1c(C(=O)O)c(C(F)(F)F)nn1CC1CCCN1. The second kappa shape index (κ2) is 4.84. The molecule has 1 aliphatic rings. The molecule has 0 radical (unpaired) electrons. The Morgan fingerprint density at radius 3 is 2.68 bits per heavy atom. The highest BCUT2D eigenvalue weighted by atomic mass is 19.4. The predicted molar refractivity (Wildman–Crippen MR) is 60.0 cm³/mol. The van der Waals surface area contributed by atoms with Gasteiger partial charge in [0, 0.05) is 6.04 Å². The number of nitrogens with one attached hydrogen (secondary N) is 1. The molecule has 1 aliphatic heterocycles. The molecule has 5 nitrogen and oxygen atoms in total. The number of hydrogen-bond donors (Lipinski definition) is 2. The van der Waals surface area contributed by atoms with Gasteiger partial charge in [-0.15, -0.1) is 0 Å². The van der Waals surface area contributed by atoms with Crippen LogP contribution in [-0.2, 0) is 12.7 Å². The van der Waals surface area contributed by atoms with Crippen LogP contribution in [0.5, 0.6) is 0 Å². The van der Waals surface area contributed by atoms with E-state index in [0.29, 0.717) is 0 Å². The van der Waals surface area contributed by atoms with Crippen molar-refractivity contribution in [1.29, 1.82) is 0 Å². The lowest BCUT2D eigenvalue weighted by Crippen LogP contribution is -2.27. The number of halogens is 3. The van der Waals surface area contributed by atoms with Crippen molar-refractivity contribution in [2.75, 3.05) is 6.54 Å². The number of hydrogen-bond acceptors (Lipinski definition) is 3. The average molecular weight is 277 g/mol. The monoisotopic (exact) mass is 277 g/mol. The second-order valence-electron chi connectivity index (χ2n) is 4.59. The standard InChI is InChI=1S/C11H14F3N3O2/c1-6-8(10(18)19)9(11(12,13)14)16-17(6)5-7-3-2-4-15-7/h7,15H,2-5H2,1H3,(H,18,19). The molecule has 0 bridgehead atoms. The van der Waals surface area contributed by atoms with Gasteiger partial charge in [-0.25, -0.2) is 4.79 Å². The lowest BCUT2D eigenvalue weighted by molar-refractivity contribution is -0.142. The molecule has 0 spiro atoms. The van der Waals surface area contributed by atoms with E-state index in [9.17, 15) is 18.0 Å². The van der Waals surface area contributed by atoms with Gasteiger partial charge in [0.1, 0.15) is 5.56 Å². The molecule has 1 atom stereocenters. The van der Waals surface area contributed by atoms with Crippen LogP contribution in [0.1, 0.15) is 34.6 Å². The molecule has 19 heavy (non-hydrogen) atoms. The van der Waals surface area contributed by atoms with E-state index in [0.717, 1.165) is 24.1 Å². The van der Waals surface area contributed by atoms with E-state index in [4.69, 9.17) is 5.11 Å². The number of carbonyl (C=O) groups is 1. The normalized spacial score (nSPS) is 19.9. The summed E-state index contributed by atoms with van der Waals surface area (Å²) in [6.07, 6.45) is -2.95. The van der Waals surface area contributed by atoms with E-state index in [1.165, 1.54) is 6.92 Å². The van der Waals surface area contributed by atoms with Gasteiger partial charge in [0.15, 0.2) is 5.69 Å². The first-order chi connectivity index (χ1) is 8.80. The maximum Gasteiger partial charge on any atom is 0.436 e. The lowest BCUT2D eigenvalue weighted by atomic mass is 10.2. The van der Waals surface area contributed by atoms with Crippen molar-refractivity contribution in [3.05, 3.63) is 17.0 Å². The van der Waals surface area contributed by atoms with Crippen molar-refractivity contribution in [1.82, 2.24) is 15.1 Å². The van der Waals surface area contributed by atoms with Crippen LogP contribution in [0, 0.1) is 6.92 Å². The summed E-state index contributed by atoms with van der Waals surface area (Å²) in [5.41, 5.74) is -2.05. The number of alkyl halides is 3. The molecule has 0 aliphatic carbocycles. The topological polar surface area (TPSA) is 67.1 Å². The van der Waals surface area contributed by atoms with Crippen LogP contribution in [-0.4, -0.2) is 33.4 Å². The van der Waals surface area contributed by atoms with Crippen LogP contribution < -0.4 is 5.32 Å². The third kappa shape index (κ3) is 2.73. The van der Waals surface area contributed by atoms with Crippen LogP contribution in [0.25, 0.3) is 0 Å². The van der Waals surface area contributed by atoms with Crippen LogP contribution in [0.15, 0.2) is 0 Å². The molecular formula is C11H14F3N3O2. The molecule has 2 rings (SSSR count). The third-order valence-electron chi connectivity index (χ3n) is 3.24. The maximum absolute atomic E-state index is 12.8. The van der Waals surface area contributed by atoms with Gasteiger partial charge in [-0.3, -0.25) is 4.68 Å². The van der Waals surface area contributed by atoms with E-state index in [1.807, 2.05) is 0 Å². The number of carboxylic acids is 1. The molecule has 1 aromatic rings. The van der Waals surface area contributed by atoms with Gasteiger partial charge in [0.05, 0.1) is 12.2 Å². The van der Waals surface area contributed by atoms with Crippen LogP contribution in [0.4, 0.5) is 13.2 Å². The fourth-order valence-electron chi connectivity index (χ4n) is 2.30. The number of aromatic nitrogens is 2. The van der Waals surface area contributed by atoms with Gasteiger partial charge in [-0.1, -0.05) is 0 Å². The first-order valence-electron chi connectivity index (χ1n) is 5.92. The zero-order valence-electron chi connectivity index (χ0n) is 10.3. The van der Waals surface area contributed by atoms with Crippen molar-refractivity contribution in [3.63, 3.8) is 0 Å². The number of aromatic carboxylic acids is 1. The molecule has 106 valence electrons. The minimum Gasteiger partial charge on any atom is -0.478 e. The van der Waals surface area contributed by atoms with Gasteiger partial charge < -0.3 is 10.4 Å². The number of carboxylic acid groups (broad SMARTS) is 1. The van der Waals surface area contributed by atoms with Gasteiger partial charge in [-0.05, 0) is 26.3 Å². The Morgan fingerprint density at radius 1 is 1.58 bits per heavy atom. The Balaban J connectivity index is 2.37. The highest BCUT2D eigenvalue weighted by Gasteiger charge is 2.41. The average Bonchev–Trinajstić information content (AvgIpc) is 2.87. The fraction of sp³-hybridized carbons (Fsp3) is 0.636. The number of rotatable bonds is 3. The Labute approximate surface area is 107 Å². The highest BCUT2D eigenvalue weighted by molar-refractivity contribution is 5.90. The first kappa shape index (κ1) is 13.9. The molecule has 1 fully saturated rings. The molecule has 1 unspecified atom stereocenters. The molecule has 1 aromatic heterocycles. The summed E-state index contributed by atoms with van der Waals surface area (Å²) in [5.74, 6) is -1.60. The molecule has 2 heterocycles. The summed E-state index contributed by atoms with van der Waals surface area (Å²) in [5, 5.41) is 15.5. The Bertz CT molecular complexity index is 490. The van der Waals surface area contributed by atoms with Gasteiger partial charge in [0.25, 0.3) is 0 Å². The van der Waals surface area contributed by atoms with Crippen LogP contribution >= 0.6 is 0 Å². The predicted octanol–water partition coefficient (Wildman–Crippen LogP) is 1.66. The summed E-state index contributed by atoms with van der Waals surface area (Å²) >= 11 is 0. The Kier molecular flexibility index (Phi) is 3.53. The van der Waals surface area contributed by atoms with Crippen molar-refractivity contribution in [2.24, 2.45) is 0 Å². The lowest BCUT2D eigenvalue weighted by Gasteiger charge is -2.11. The van der Waals surface area contributed by atoms with Crippen LogP contribution in [0.2, 0.25) is 0 Å². The van der Waals surface area contributed by atoms with Crippen LogP contribution in [0.3, 0.4) is 0 Å². The summed E-state index contributed by atoms with van der Waals surface area (Å²) in [6.45, 7) is 2.42. The van der Waals surface area contributed by atoms with Gasteiger partial charge in [0.2, 0.25) is 0 Å². The summed E-state index contributed by atoms with van der Waals surface area (Å²) in [6, 6.07) is 0.0429. The molecule has 8 heteroatoms. The Morgan fingerprint density at radius 2 is 2.26 bits per heavy atom. The van der Waals surface area contributed by atoms with Gasteiger partial charge in [-0.2, -0.15) is 18.3 Å². The second-order valence-corrected chi connectivity index (χ2v) is 4.59. The van der Waals surface area contributed by atoms with E-state index < -0.39 is 23.4 Å². The van der Waals surface area contributed by atoms with E-state index >= 15 is 0 Å². The minimum absolute atomic E-state index is 0.0357. The van der Waals surface area contributed by atoms with Gasteiger partial charge >= 0.3 is 12.1 Å². The van der Waals surface area contributed by atoms with E-state index in [2.05, 4.69) is 10.4 Å².